The van der Waals surface area contributed by atoms with E-state index < -0.39 is 11.6 Å². The number of benzene rings is 1. The normalized spacial score (nSPS) is 11.1. The molecule has 19 heavy (non-hydrogen) atoms. The van der Waals surface area contributed by atoms with E-state index in [2.05, 4.69) is 4.98 Å². The third kappa shape index (κ3) is 2.02. The number of halogens is 3. The van der Waals surface area contributed by atoms with Gasteiger partial charge in [-0.3, -0.25) is 0 Å². The van der Waals surface area contributed by atoms with E-state index in [1.807, 2.05) is 0 Å². The minimum absolute atomic E-state index is 0.0337. The van der Waals surface area contributed by atoms with Crippen LogP contribution in [0.25, 0.3) is 20.8 Å². The van der Waals surface area contributed by atoms with Crippen molar-refractivity contribution >= 4 is 33.2 Å². The zero-order valence-electron chi connectivity index (χ0n) is 9.23. The number of aromatic nitrogens is 2. The van der Waals surface area contributed by atoms with E-state index in [0.717, 1.165) is 17.5 Å². The molecule has 1 aromatic carbocycles. The van der Waals surface area contributed by atoms with Crippen LogP contribution in [0.5, 0.6) is 0 Å². The van der Waals surface area contributed by atoms with Crippen molar-refractivity contribution in [1.82, 2.24) is 4.98 Å². The molecule has 3 rings (SSSR count). The molecule has 0 atom stereocenters. The maximum Gasteiger partial charge on any atom is 0.218 e. The highest BCUT2D eigenvalue weighted by atomic mass is 35.5. The number of pyridine rings is 1. The molecule has 0 radical (unpaired) electrons. The molecular formula is C12H5ClF2N2OS. The first-order chi connectivity index (χ1) is 9.06. The van der Waals surface area contributed by atoms with E-state index in [1.54, 1.807) is 0 Å². The topological polar surface area (TPSA) is 39.8 Å². The Morgan fingerprint density at radius 2 is 2.00 bits per heavy atom. The van der Waals surface area contributed by atoms with Crippen LogP contribution in [0.4, 0.5) is 8.78 Å². The maximum absolute atomic E-state index is 13.8. The SMILES string of the molecule is [O-][n+]1cc(F)c2nc(-c3c(F)cccc3Cl)sc2c1. The molecule has 0 spiro atoms. The molecule has 96 valence electrons. The molecule has 0 fully saturated rings. The first-order valence-electron chi connectivity index (χ1n) is 5.19. The van der Waals surface area contributed by atoms with Gasteiger partial charge in [-0.05, 0) is 12.1 Å². The lowest BCUT2D eigenvalue weighted by Gasteiger charge is -2.00. The van der Waals surface area contributed by atoms with Gasteiger partial charge in [0.2, 0.25) is 12.0 Å². The Morgan fingerprint density at radius 1 is 1.21 bits per heavy atom. The quantitative estimate of drug-likeness (QED) is 0.509. The summed E-state index contributed by atoms with van der Waals surface area (Å²) in [4.78, 5) is 4.01. The summed E-state index contributed by atoms with van der Waals surface area (Å²) in [6, 6.07) is 4.24. The van der Waals surface area contributed by atoms with Crippen LogP contribution in [0.1, 0.15) is 0 Å². The first-order valence-corrected chi connectivity index (χ1v) is 6.39. The number of thiazole rings is 1. The summed E-state index contributed by atoms with van der Waals surface area (Å²) in [5, 5.41) is 11.6. The number of hydrogen-bond donors (Lipinski definition) is 0. The lowest BCUT2D eigenvalue weighted by Crippen LogP contribution is -2.24. The van der Waals surface area contributed by atoms with Gasteiger partial charge in [0.25, 0.3) is 0 Å². The zero-order valence-corrected chi connectivity index (χ0v) is 10.8. The van der Waals surface area contributed by atoms with Gasteiger partial charge in [0.05, 0.1) is 10.6 Å². The van der Waals surface area contributed by atoms with Crippen LogP contribution in [0.15, 0.2) is 30.6 Å². The number of fused-ring (bicyclic) bond motifs is 1. The maximum atomic E-state index is 13.8. The van der Waals surface area contributed by atoms with Gasteiger partial charge in [-0.25, -0.2) is 9.37 Å². The Hall–Kier alpha value is -1.79. The van der Waals surface area contributed by atoms with Gasteiger partial charge in [0, 0.05) is 0 Å². The van der Waals surface area contributed by atoms with E-state index in [9.17, 15) is 14.0 Å². The van der Waals surface area contributed by atoms with E-state index in [1.165, 1.54) is 24.4 Å². The summed E-state index contributed by atoms with van der Waals surface area (Å²) in [5.74, 6) is -1.29. The van der Waals surface area contributed by atoms with Crippen molar-refractivity contribution in [2.45, 2.75) is 0 Å². The van der Waals surface area contributed by atoms with E-state index in [-0.39, 0.29) is 21.1 Å². The zero-order chi connectivity index (χ0) is 13.6. The standard InChI is InChI=1S/C12H5ClF2N2OS/c13-6-2-1-3-7(14)10(6)12-16-11-8(15)4-17(18)5-9(11)19-12/h1-5H. The van der Waals surface area contributed by atoms with Crippen molar-refractivity contribution in [1.29, 1.82) is 0 Å². The Labute approximate surface area is 115 Å². The van der Waals surface area contributed by atoms with Crippen LogP contribution in [0, 0.1) is 16.8 Å². The van der Waals surface area contributed by atoms with Gasteiger partial charge in [-0.2, -0.15) is 9.12 Å². The second-order valence-electron chi connectivity index (χ2n) is 3.79. The monoisotopic (exact) mass is 298 g/mol. The van der Waals surface area contributed by atoms with Gasteiger partial charge >= 0.3 is 0 Å². The second kappa shape index (κ2) is 4.40. The average molecular weight is 299 g/mol. The van der Waals surface area contributed by atoms with E-state index >= 15 is 0 Å². The van der Waals surface area contributed by atoms with Crippen LogP contribution in [-0.2, 0) is 0 Å². The van der Waals surface area contributed by atoms with Crippen molar-refractivity contribution in [3.05, 3.63) is 52.5 Å². The molecule has 7 heteroatoms. The lowest BCUT2D eigenvalue weighted by molar-refractivity contribution is -0.605. The van der Waals surface area contributed by atoms with Crippen molar-refractivity contribution < 1.29 is 13.5 Å². The van der Waals surface area contributed by atoms with Gasteiger partial charge in [0.1, 0.15) is 21.0 Å². The number of rotatable bonds is 1. The van der Waals surface area contributed by atoms with Gasteiger partial charge in [0.15, 0.2) is 6.20 Å². The molecule has 0 aliphatic carbocycles. The summed E-state index contributed by atoms with van der Waals surface area (Å²) in [7, 11) is 0. The smallest absolute Gasteiger partial charge is 0.218 e. The van der Waals surface area contributed by atoms with Crippen LogP contribution in [0.2, 0.25) is 5.02 Å². The van der Waals surface area contributed by atoms with Crippen molar-refractivity contribution in [2.24, 2.45) is 0 Å². The highest BCUT2D eigenvalue weighted by Crippen LogP contribution is 2.36. The van der Waals surface area contributed by atoms with Crippen molar-refractivity contribution in [3.8, 4) is 10.6 Å². The summed E-state index contributed by atoms with van der Waals surface area (Å²) < 4.78 is 28.0. The molecule has 0 amide bonds. The summed E-state index contributed by atoms with van der Waals surface area (Å²) in [5.41, 5.74) is 0.147. The fourth-order valence-corrected chi connectivity index (χ4v) is 3.09. The summed E-state index contributed by atoms with van der Waals surface area (Å²) in [6.07, 6.45) is 1.96. The van der Waals surface area contributed by atoms with Gasteiger partial charge in [-0.1, -0.05) is 17.7 Å². The number of hydrogen-bond acceptors (Lipinski definition) is 3. The first kappa shape index (κ1) is 12.3. The third-order valence-corrected chi connectivity index (χ3v) is 3.86. The third-order valence-electron chi connectivity index (χ3n) is 2.54. The lowest BCUT2D eigenvalue weighted by atomic mass is 10.2. The fraction of sp³-hybridized carbons (Fsp3) is 0. The molecule has 2 heterocycles. The van der Waals surface area contributed by atoms with Gasteiger partial charge in [-0.15, -0.1) is 11.3 Å². The predicted octanol–water partition coefficient (Wildman–Crippen LogP) is 3.53. The molecule has 0 N–H and O–H groups in total. The molecule has 0 saturated carbocycles. The van der Waals surface area contributed by atoms with Crippen LogP contribution < -0.4 is 4.73 Å². The van der Waals surface area contributed by atoms with Crippen LogP contribution in [0.3, 0.4) is 0 Å². The van der Waals surface area contributed by atoms with Crippen molar-refractivity contribution in [3.63, 3.8) is 0 Å². The van der Waals surface area contributed by atoms with Gasteiger partial charge < -0.3 is 5.21 Å². The van der Waals surface area contributed by atoms with Crippen LogP contribution >= 0.6 is 22.9 Å². The molecule has 0 unspecified atom stereocenters. The summed E-state index contributed by atoms with van der Waals surface area (Å²) in [6.45, 7) is 0. The molecule has 0 aliphatic rings. The predicted molar refractivity (Wildman–Crippen MR) is 68.9 cm³/mol. The minimum Gasteiger partial charge on any atom is -0.619 e. The molecule has 0 bridgehead atoms. The van der Waals surface area contributed by atoms with E-state index in [4.69, 9.17) is 11.6 Å². The van der Waals surface area contributed by atoms with Crippen LogP contribution in [-0.4, -0.2) is 4.98 Å². The molecule has 2 aromatic heterocycles. The van der Waals surface area contributed by atoms with E-state index in [0.29, 0.717) is 9.43 Å². The highest BCUT2D eigenvalue weighted by Gasteiger charge is 2.18. The second-order valence-corrected chi connectivity index (χ2v) is 5.23. The Balaban J connectivity index is 2.30. The molecule has 3 nitrogen and oxygen atoms in total. The minimum atomic E-state index is -0.748. The molecule has 0 aliphatic heterocycles. The fourth-order valence-electron chi connectivity index (χ4n) is 1.73. The Kier molecular flexibility index (Phi) is 2.83. The molecule has 0 saturated heterocycles. The average Bonchev–Trinajstić information content (AvgIpc) is 2.72. The summed E-state index contributed by atoms with van der Waals surface area (Å²) >= 11 is 6.94. The highest BCUT2D eigenvalue weighted by molar-refractivity contribution is 7.21. The largest absolute Gasteiger partial charge is 0.619 e. The Morgan fingerprint density at radius 3 is 2.74 bits per heavy atom. The Bertz CT molecular complexity index is 770. The van der Waals surface area contributed by atoms with Crippen molar-refractivity contribution in [2.75, 3.05) is 0 Å². The molecule has 3 aromatic rings. The number of nitrogens with zero attached hydrogens (tertiary/aromatic N) is 2. The molecular weight excluding hydrogens is 294 g/mol.